The third-order valence-corrected chi connectivity index (χ3v) is 5.14. The molecule has 5 heteroatoms. The van der Waals surface area contributed by atoms with Gasteiger partial charge in [0.1, 0.15) is 11.6 Å². The molecule has 0 radical (unpaired) electrons. The summed E-state index contributed by atoms with van der Waals surface area (Å²) in [6.45, 7) is 5.53. The highest BCUT2D eigenvalue weighted by Gasteiger charge is 2.43. The van der Waals surface area contributed by atoms with Gasteiger partial charge in [0.25, 0.3) is 0 Å². The third-order valence-electron chi connectivity index (χ3n) is 5.14. The van der Waals surface area contributed by atoms with Gasteiger partial charge in [0.05, 0.1) is 0 Å². The SMILES string of the molecule is CCNC(=NCCc1ccc(F)cc1F)N1CCC2(CCC2)C1. The van der Waals surface area contributed by atoms with Crippen molar-refractivity contribution in [3.8, 4) is 0 Å². The number of nitrogens with zero attached hydrogens (tertiary/aromatic N) is 2. The normalized spacial score (nSPS) is 20.0. The first kappa shape index (κ1) is 16.2. The van der Waals surface area contributed by atoms with Gasteiger partial charge in [-0.2, -0.15) is 0 Å². The summed E-state index contributed by atoms with van der Waals surface area (Å²) in [5.74, 6) is -0.0930. The van der Waals surface area contributed by atoms with Crippen LogP contribution in [0.2, 0.25) is 0 Å². The fourth-order valence-corrected chi connectivity index (χ4v) is 3.63. The topological polar surface area (TPSA) is 27.6 Å². The highest BCUT2D eigenvalue weighted by Crippen LogP contribution is 2.47. The Morgan fingerprint density at radius 3 is 2.74 bits per heavy atom. The molecule has 1 aromatic rings. The Bertz CT molecular complexity index is 582. The van der Waals surface area contributed by atoms with Crippen LogP contribution in [0.25, 0.3) is 0 Å². The van der Waals surface area contributed by atoms with E-state index in [9.17, 15) is 8.78 Å². The molecule has 1 heterocycles. The van der Waals surface area contributed by atoms with Crippen molar-refractivity contribution in [1.29, 1.82) is 0 Å². The average molecular weight is 321 g/mol. The van der Waals surface area contributed by atoms with Crippen molar-refractivity contribution in [1.82, 2.24) is 10.2 Å². The molecule has 2 aliphatic rings. The lowest BCUT2D eigenvalue weighted by molar-refractivity contribution is 0.151. The number of rotatable bonds is 4. The van der Waals surface area contributed by atoms with Crippen molar-refractivity contribution in [3.05, 3.63) is 35.4 Å². The Balaban J connectivity index is 1.60. The summed E-state index contributed by atoms with van der Waals surface area (Å²) in [4.78, 5) is 6.99. The predicted molar refractivity (Wildman–Crippen MR) is 88.5 cm³/mol. The van der Waals surface area contributed by atoms with E-state index in [0.717, 1.165) is 31.7 Å². The van der Waals surface area contributed by atoms with Gasteiger partial charge >= 0.3 is 0 Å². The van der Waals surface area contributed by atoms with Crippen molar-refractivity contribution in [2.24, 2.45) is 10.4 Å². The summed E-state index contributed by atoms with van der Waals surface area (Å²) in [6, 6.07) is 3.74. The van der Waals surface area contributed by atoms with Crippen molar-refractivity contribution in [2.75, 3.05) is 26.2 Å². The fourth-order valence-electron chi connectivity index (χ4n) is 3.63. The number of benzene rings is 1. The molecule has 0 amide bonds. The quantitative estimate of drug-likeness (QED) is 0.680. The number of hydrogen-bond acceptors (Lipinski definition) is 1. The Kier molecular flexibility index (Phi) is 4.83. The molecule has 3 nitrogen and oxygen atoms in total. The zero-order valence-corrected chi connectivity index (χ0v) is 13.7. The lowest BCUT2D eigenvalue weighted by Crippen LogP contribution is -2.42. The maximum atomic E-state index is 13.7. The molecule has 1 spiro atoms. The van der Waals surface area contributed by atoms with Crippen LogP contribution < -0.4 is 5.32 Å². The van der Waals surface area contributed by atoms with Gasteiger partial charge in [0, 0.05) is 32.2 Å². The summed E-state index contributed by atoms with van der Waals surface area (Å²) in [5.41, 5.74) is 1.04. The van der Waals surface area contributed by atoms with Gasteiger partial charge < -0.3 is 10.2 Å². The minimum absolute atomic E-state index is 0.486. The minimum Gasteiger partial charge on any atom is -0.357 e. The van der Waals surface area contributed by atoms with E-state index in [-0.39, 0.29) is 0 Å². The summed E-state index contributed by atoms with van der Waals surface area (Å²) in [7, 11) is 0. The summed E-state index contributed by atoms with van der Waals surface area (Å²) >= 11 is 0. The van der Waals surface area contributed by atoms with Crippen LogP contribution >= 0.6 is 0 Å². The highest BCUT2D eigenvalue weighted by atomic mass is 19.1. The van der Waals surface area contributed by atoms with Crippen molar-refractivity contribution < 1.29 is 8.78 Å². The largest absolute Gasteiger partial charge is 0.357 e. The van der Waals surface area contributed by atoms with Crippen LogP contribution in [0.15, 0.2) is 23.2 Å². The monoisotopic (exact) mass is 321 g/mol. The standard InChI is InChI=1S/C18H25F2N3/c1-2-21-17(23-11-9-18(13-23)7-3-8-18)22-10-6-14-4-5-15(19)12-16(14)20/h4-5,12H,2-3,6-11,13H2,1H3,(H,21,22). The molecule has 0 bridgehead atoms. The number of aliphatic imine (C=N–C) groups is 1. The Morgan fingerprint density at radius 2 is 2.13 bits per heavy atom. The van der Waals surface area contributed by atoms with Crippen LogP contribution in [0.5, 0.6) is 0 Å². The average Bonchev–Trinajstić information content (AvgIpc) is 2.94. The number of halogens is 2. The molecular formula is C18H25F2N3. The summed E-state index contributed by atoms with van der Waals surface area (Å²) in [5, 5.41) is 3.34. The zero-order valence-electron chi connectivity index (χ0n) is 13.7. The Morgan fingerprint density at radius 1 is 1.30 bits per heavy atom. The van der Waals surface area contributed by atoms with Crippen LogP contribution in [-0.2, 0) is 6.42 Å². The first-order valence-electron chi connectivity index (χ1n) is 8.59. The number of likely N-dealkylation sites (tertiary alicyclic amines) is 1. The first-order valence-corrected chi connectivity index (χ1v) is 8.59. The lowest BCUT2D eigenvalue weighted by atomic mass is 9.68. The van der Waals surface area contributed by atoms with E-state index in [1.807, 2.05) is 0 Å². The van der Waals surface area contributed by atoms with E-state index in [2.05, 4.69) is 22.1 Å². The second-order valence-electron chi connectivity index (χ2n) is 6.75. The number of hydrogen-bond donors (Lipinski definition) is 1. The highest BCUT2D eigenvalue weighted by molar-refractivity contribution is 5.80. The number of nitrogens with one attached hydrogen (secondary N) is 1. The maximum Gasteiger partial charge on any atom is 0.193 e. The summed E-state index contributed by atoms with van der Waals surface area (Å²) < 4.78 is 26.6. The van der Waals surface area contributed by atoms with E-state index in [1.165, 1.54) is 37.8 Å². The molecule has 0 unspecified atom stereocenters. The van der Waals surface area contributed by atoms with E-state index < -0.39 is 11.6 Å². The van der Waals surface area contributed by atoms with Crippen LogP contribution in [0.3, 0.4) is 0 Å². The molecule has 1 aliphatic carbocycles. The second kappa shape index (κ2) is 6.85. The summed E-state index contributed by atoms with van der Waals surface area (Å²) in [6.07, 6.45) is 5.77. The van der Waals surface area contributed by atoms with E-state index in [1.54, 1.807) is 0 Å². The molecule has 1 N–H and O–H groups in total. The van der Waals surface area contributed by atoms with Gasteiger partial charge in [0.2, 0.25) is 0 Å². The van der Waals surface area contributed by atoms with Crippen molar-refractivity contribution >= 4 is 5.96 Å². The van der Waals surface area contributed by atoms with Crippen LogP contribution in [0.4, 0.5) is 8.78 Å². The van der Waals surface area contributed by atoms with Gasteiger partial charge in [-0.3, -0.25) is 4.99 Å². The molecule has 126 valence electrons. The molecule has 2 fully saturated rings. The second-order valence-corrected chi connectivity index (χ2v) is 6.75. The Hall–Kier alpha value is -1.65. The molecule has 1 saturated carbocycles. The van der Waals surface area contributed by atoms with Gasteiger partial charge in [-0.25, -0.2) is 8.78 Å². The van der Waals surface area contributed by atoms with Gasteiger partial charge in [-0.15, -0.1) is 0 Å². The minimum atomic E-state index is -0.536. The molecule has 1 aromatic carbocycles. The maximum absolute atomic E-state index is 13.7. The van der Waals surface area contributed by atoms with Gasteiger partial charge in [0.15, 0.2) is 5.96 Å². The van der Waals surface area contributed by atoms with Crippen LogP contribution in [0, 0.1) is 17.0 Å². The Labute approximate surface area is 136 Å². The number of guanidine groups is 1. The lowest BCUT2D eigenvalue weighted by Gasteiger charge is -2.38. The van der Waals surface area contributed by atoms with E-state index in [4.69, 9.17) is 0 Å². The van der Waals surface area contributed by atoms with Gasteiger partial charge in [-0.1, -0.05) is 12.5 Å². The third kappa shape index (κ3) is 3.65. The van der Waals surface area contributed by atoms with E-state index in [0.29, 0.717) is 23.9 Å². The van der Waals surface area contributed by atoms with Crippen LogP contribution in [-0.4, -0.2) is 37.0 Å². The molecule has 23 heavy (non-hydrogen) atoms. The van der Waals surface area contributed by atoms with Crippen molar-refractivity contribution in [2.45, 2.75) is 39.0 Å². The molecule has 1 aliphatic heterocycles. The predicted octanol–water partition coefficient (Wildman–Crippen LogP) is 3.35. The molecule has 1 saturated heterocycles. The van der Waals surface area contributed by atoms with Crippen LogP contribution in [0.1, 0.15) is 38.2 Å². The van der Waals surface area contributed by atoms with Crippen molar-refractivity contribution in [3.63, 3.8) is 0 Å². The van der Waals surface area contributed by atoms with Gasteiger partial charge in [-0.05, 0) is 49.7 Å². The fraction of sp³-hybridized carbons (Fsp3) is 0.611. The molecule has 0 aromatic heterocycles. The first-order chi connectivity index (χ1) is 11.1. The van der Waals surface area contributed by atoms with E-state index >= 15 is 0 Å². The molecule has 0 atom stereocenters. The molecule has 3 rings (SSSR count). The smallest absolute Gasteiger partial charge is 0.193 e. The molecular weight excluding hydrogens is 296 g/mol. The zero-order chi connectivity index (χ0) is 16.3.